The Morgan fingerprint density at radius 3 is 2.83 bits per heavy atom. The maximum Gasteiger partial charge on any atom is 0.361 e. The summed E-state index contributed by atoms with van der Waals surface area (Å²) in [5.41, 5.74) is 0.0583. The molecule has 0 amide bonds. The molecule has 6 nitrogen and oxygen atoms in total. The molecule has 0 aliphatic heterocycles. The second-order valence-electron chi connectivity index (χ2n) is 4.70. The molecule has 0 aromatic carbocycles. The van der Waals surface area contributed by atoms with Gasteiger partial charge < -0.3 is 9.84 Å². The maximum absolute atomic E-state index is 11.6. The first-order valence-electron chi connectivity index (χ1n) is 5.75. The van der Waals surface area contributed by atoms with E-state index in [-0.39, 0.29) is 12.3 Å². The van der Waals surface area contributed by atoms with Crippen molar-refractivity contribution in [2.45, 2.75) is 39.3 Å². The Morgan fingerprint density at radius 1 is 1.61 bits per heavy atom. The Hall–Kier alpha value is -1.69. The van der Waals surface area contributed by atoms with Crippen LogP contribution >= 0.6 is 0 Å². The lowest BCUT2D eigenvalue weighted by Crippen LogP contribution is -2.22. The predicted molar refractivity (Wildman–Crippen MR) is 66.2 cm³/mol. The number of aromatic nitrogens is 3. The van der Waals surface area contributed by atoms with Crippen molar-refractivity contribution in [3.63, 3.8) is 0 Å². The first-order valence-corrected chi connectivity index (χ1v) is 5.75. The van der Waals surface area contributed by atoms with Crippen molar-refractivity contribution in [2.24, 2.45) is 0 Å². The molecule has 1 N–H and O–H groups in total. The molecule has 0 bridgehead atoms. The van der Waals surface area contributed by atoms with Crippen molar-refractivity contribution < 1.29 is 14.6 Å². The van der Waals surface area contributed by atoms with Gasteiger partial charge in [0, 0.05) is 6.54 Å². The molecule has 18 heavy (non-hydrogen) atoms. The monoisotopic (exact) mass is 253 g/mol. The average molecular weight is 253 g/mol. The van der Waals surface area contributed by atoms with Crippen molar-refractivity contribution in [1.82, 2.24) is 15.0 Å². The molecule has 0 aliphatic rings. The van der Waals surface area contributed by atoms with Gasteiger partial charge in [-0.05, 0) is 27.2 Å². The van der Waals surface area contributed by atoms with E-state index in [0.717, 1.165) is 0 Å². The van der Waals surface area contributed by atoms with Gasteiger partial charge in [-0.15, -0.1) is 5.10 Å². The van der Waals surface area contributed by atoms with Crippen LogP contribution in [0.4, 0.5) is 0 Å². The highest BCUT2D eigenvalue weighted by molar-refractivity contribution is 5.88. The normalized spacial score (nSPS) is 11.3. The molecule has 0 aliphatic carbocycles. The summed E-state index contributed by atoms with van der Waals surface area (Å²) in [5, 5.41) is 17.3. The molecule has 1 aromatic heterocycles. The van der Waals surface area contributed by atoms with Gasteiger partial charge in [0.05, 0.1) is 11.3 Å². The van der Waals surface area contributed by atoms with Gasteiger partial charge in [-0.25, -0.2) is 9.48 Å². The molecule has 0 saturated heterocycles. The first-order chi connectivity index (χ1) is 8.35. The number of hydrogen-bond acceptors (Lipinski definition) is 5. The Bertz CT molecular complexity index is 432. The Balaban J connectivity index is 2.71. The van der Waals surface area contributed by atoms with E-state index >= 15 is 0 Å². The second-order valence-corrected chi connectivity index (χ2v) is 4.70. The zero-order valence-electron chi connectivity index (χ0n) is 11.0. The molecule has 0 atom stereocenters. The number of hydrogen-bond donors (Lipinski definition) is 1. The summed E-state index contributed by atoms with van der Waals surface area (Å²) in [6.45, 7) is 9.30. The van der Waals surface area contributed by atoms with Gasteiger partial charge in [-0.1, -0.05) is 17.9 Å². The lowest BCUT2D eigenvalue weighted by molar-refractivity contribution is 0.0542. The van der Waals surface area contributed by atoms with Crippen LogP contribution in [0, 0.1) is 6.92 Å². The van der Waals surface area contributed by atoms with Gasteiger partial charge in [0.15, 0.2) is 5.69 Å². The third-order valence-electron chi connectivity index (χ3n) is 2.44. The fourth-order valence-electron chi connectivity index (χ4n) is 1.34. The summed E-state index contributed by atoms with van der Waals surface area (Å²) >= 11 is 0. The zero-order valence-corrected chi connectivity index (χ0v) is 11.0. The first kappa shape index (κ1) is 14.4. The minimum absolute atomic E-state index is 0.148. The Kier molecular flexibility index (Phi) is 4.61. The number of aliphatic hydroxyl groups is 1. The van der Waals surface area contributed by atoms with Crippen molar-refractivity contribution in [3.05, 3.63) is 24.0 Å². The number of rotatable bonds is 6. The van der Waals surface area contributed by atoms with Gasteiger partial charge >= 0.3 is 5.97 Å². The zero-order chi connectivity index (χ0) is 13.8. The van der Waals surface area contributed by atoms with Crippen molar-refractivity contribution in [2.75, 3.05) is 6.61 Å². The van der Waals surface area contributed by atoms with E-state index in [1.54, 1.807) is 25.5 Å². The SMILES string of the molecule is C=CCOC(=O)c1nnn(CCC(C)(C)O)c1C. The van der Waals surface area contributed by atoms with Crippen LogP contribution in [0.2, 0.25) is 0 Å². The topological polar surface area (TPSA) is 77.2 Å². The number of nitrogens with zero attached hydrogens (tertiary/aromatic N) is 3. The summed E-state index contributed by atoms with van der Waals surface area (Å²) in [6.07, 6.45) is 2.02. The van der Waals surface area contributed by atoms with Gasteiger partial charge in [0.1, 0.15) is 6.61 Å². The van der Waals surface area contributed by atoms with Gasteiger partial charge in [0.2, 0.25) is 0 Å². The average Bonchev–Trinajstić information content (AvgIpc) is 2.64. The molecule has 1 heterocycles. The Labute approximate surface area is 106 Å². The highest BCUT2D eigenvalue weighted by atomic mass is 16.5. The standard InChI is InChI=1S/C12H19N3O3/c1-5-8-18-11(16)10-9(2)15(14-13-10)7-6-12(3,4)17/h5,17H,1,6-8H2,2-4H3. The summed E-state index contributed by atoms with van der Waals surface area (Å²) in [4.78, 5) is 11.6. The van der Waals surface area contributed by atoms with Crippen molar-refractivity contribution in [1.29, 1.82) is 0 Å². The van der Waals surface area contributed by atoms with Gasteiger partial charge in [0.25, 0.3) is 0 Å². The largest absolute Gasteiger partial charge is 0.457 e. The van der Waals surface area contributed by atoms with E-state index in [0.29, 0.717) is 18.7 Å². The number of aryl methyl sites for hydroxylation is 1. The Morgan fingerprint density at radius 2 is 2.28 bits per heavy atom. The molecule has 0 spiro atoms. The molecule has 0 radical (unpaired) electrons. The third kappa shape index (κ3) is 3.96. The van der Waals surface area contributed by atoms with Crippen molar-refractivity contribution >= 4 is 5.97 Å². The highest BCUT2D eigenvalue weighted by Crippen LogP contribution is 2.11. The molecule has 1 rings (SSSR count). The molecule has 0 fully saturated rings. The summed E-state index contributed by atoms with van der Waals surface area (Å²) < 4.78 is 6.48. The van der Waals surface area contributed by atoms with E-state index < -0.39 is 11.6 Å². The molecule has 0 saturated carbocycles. The van der Waals surface area contributed by atoms with Crippen LogP contribution in [0.3, 0.4) is 0 Å². The van der Waals surface area contributed by atoms with E-state index in [1.165, 1.54) is 6.08 Å². The van der Waals surface area contributed by atoms with Crippen LogP contribution in [0.15, 0.2) is 12.7 Å². The molecule has 1 aromatic rings. The van der Waals surface area contributed by atoms with Gasteiger partial charge in [-0.2, -0.15) is 0 Å². The number of carbonyl (C=O) groups excluding carboxylic acids is 1. The molecule has 0 unspecified atom stereocenters. The predicted octanol–water partition coefficient (Wildman–Crippen LogP) is 1.09. The lowest BCUT2D eigenvalue weighted by atomic mass is 10.1. The molecule has 6 heteroatoms. The van der Waals surface area contributed by atoms with Crippen molar-refractivity contribution in [3.8, 4) is 0 Å². The van der Waals surface area contributed by atoms with E-state index in [4.69, 9.17) is 4.74 Å². The maximum atomic E-state index is 11.6. The fourth-order valence-corrected chi connectivity index (χ4v) is 1.34. The quantitative estimate of drug-likeness (QED) is 0.606. The summed E-state index contributed by atoms with van der Waals surface area (Å²) in [5.74, 6) is -0.512. The molecule has 100 valence electrons. The summed E-state index contributed by atoms with van der Waals surface area (Å²) in [7, 11) is 0. The lowest BCUT2D eigenvalue weighted by Gasteiger charge is -2.16. The van der Waals surface area contributed by atoms with Crippen LogP contribution in [-0.4, -0.2) is 38.3 Å². The van der Waals surface area contributed by atoms with E-state index in [9.17, 15) is 9.90 Å². The third-order valence-corrected chi connectivity index (χ3v) is 2.44. The molecular formula is C12H19N3O3. The van der Waals surface area contributed by atoms with E-state index in [1.807, 2.05) is 0 Å². The number of ether oxygens (including phenoxy) is 1. The number of carbonyl (C=O) groups is 1. The molecular weight excluding hydrogens is 234 g/mol. The van der Waals surface area contributed by atoms with Gasteiger partial charge in [-0.3, -0.25) is 0 Å². The van der Waals surface area contributed by atoms with Crippen LogP contribution < -0.4 is 0 Å². The second kappa shape index (κ2) is 5.77. The smallest absolute Gasteiger partial charge is 0.361 e. The van der Waals surface area contributed by atoms with E-state index in [2.05, 4.69) is 16.9 Å². The highest BCUT2D eigenvalue weighted by Gasteiger charge is 2.19. The van der Waals surface area contributed by atoms with Crippen LogP contribution in [0.5, 0.6) is 0 Å². The summed E-state index contributed by atoms with van der Waals surface area (Å²) in [6, 6.07) is 0. The van der Waals surface area contributed by atoms with Crippen LogP contribution in [-0.2, 0) is 11.3 Å². The van der Waals surface area contributed by atoms with Crippen LogP contribution in [0.1, 0.15) is 36.5 Å². The minimum atomic E-state index is -0.776. The van der Waals surface area contributed by atoms with Crippen LogP contribution in [0.25, 0.3) is 0 Å². The minimum Gasteiger partial charge on any atom is -0.457 e. The number of esters is 1. The fraction of sp³-hybridized carbons (Fsp3) is 0.583.